The van der Waals surface area contributed by atoms with Gasteiger partial charge >= 0.3 is 0 Å². The summed E-state index contributed by atoms with van der Waals surface area (Å²) in [5.41, 5.74) is 3.75. The Morgan fingerprint density at radius 2 is 1.89 bits per heavy atom. The number of aromatic nitrogens is 3. The molecular weight excluding hydrogens is 372 g/mol. The lowest BCUT2D eigenvalue weighted by Gasteiger charge is -2.24. The number of pyridine rings is 1. The average Bonchev–Trinajstić information content (AvgIpc) is 3.14. The maximum atomic E-state index is 6.54. The average molecular weight is 393 g/mol. The van der Waals surface area contributed by atoms with Crippen LogP contribution in [0.25, 0.3) is 33.3 Å². The van der Waals surface area contributed by atoms with Gasteiger partial charge in [0.1, 0.15) is 11.3 Å². The first-order chi connectivity index (χ1) is 13.8. The molecule has 5 nitrogen and oxygen atoms in total. The van der Waals surface area contributed by atoms with E-state index in [2.05, 4.69) is 33.1 Å². The van der Waals surface area contributed by atoms with Crippen molar-refractivity contribution >= 4 is 33.5 Å². The van der Waals surface area contributed by atoms with Gasteiger partial charge in [0.15, 0.2) is 5.15 Å². The second kappa shape index (κ2) is 7.51. The summed E-state index contributed by atoms with van der Waals surface area (Å²) in [4.78, 5) is 9.47. The van der Waals surface area contributed by atoms with E-state index >= 15 is 0 Å². The lowest BCUT2D eigenvalue weighted by molar-refractivity contribution is 0.0213. The normalized spacial score (nSPS) is 17.4. The molecule has 5 rings (SSSR count). The number of nitrogens with zero attached hydrogens (tertiary/aromatic N) is 3. The molecule has 1 N–H and O–H groups in total. The molecule has 1 aliphatic heterocycles. The molecule has 0 bridgehead atoms. The van der Waals surface area contributed by atoms with Crippen molar-refractivity contribution in [1.82, 2.24) is 19.9 Å². The highest BCUT2D eigenvalue weighted by Gasteiger charge is 2.20. The SMILES string of the molecule is Clc1nc2ccccc2c2c1nc(-c1ccccc1)n2CCC1CNCCO1. The Bertz CT molecular complexity index is 1120. The molecule has 0 radical (unpaired) electrons. The van der Waals surface area contributed by atoms with Crippen LogP contribution < -0.4 is 5.32 Å². The summed E-state index contributed by atoms with van der Waals surface area (Å²) >= 11 is 6.54. The molecule has 6 heteroatoms. The zero-order chi connectivity index (χ0) is 18.9. The number of hydrogen-bond donors (Lipinski definition) is 1. The van der Waals surface area contributed by atoms with Crippen molar-refractivity contribution in [3.8, 4) is 11.4 Å². The Morgan fingerprint density at radius 1 is 1.07 bits per heavy atom. The third kappa shape index (κ3) is 3.15. The number of fused-ring (bicyclic) bond motifs is 3. The molecule has 0 saturated carbocycles. The van der Waals surface area contributed by atoms with Crippen LogP contribution in [0.3, 0.4) is 0 Å². The van der Waals surface area contributed by atoms with Gasteiger partial charge in [0.25, 0.3) is 0 Å². The van der Waals surface area contributed by atoms with Gasteiger partial charge in [-0.2, -0.15) is 0 Å². The summed E-state index contributed by atoms with van der Waals surface area (Å²) in [6.07, 6.45) is 1.12. The fourth-order valence-corrected chi connectivity index (χ4v) is 4.13. The van der Waals surface area contributed by atoms with E-state index in [1.165, 1.54) is 0 Å². The zero-order valence-electron chi connectivity index (χ0n) is 15.4. The van der Waals surface area contributed by atoms with Crippen LogP contribution in [0.2, 0.25) is 5.15 Å². The number of hydrogen-bond acceptors (Lipinski definition) is 4. The topological polar surface area (TPSA) is 52.0 Å². The molecule has 4 aromatic rings. The number of nitrogens with one attached hydrogen (secondary N) is 1. The maximum Gasteiger partial charge on any atom is 0.157 e. The van der Waals surface area contributed by atoms with Crippen molar-refractivity contribution in [1.29, 1.82) is 0 Å². The largest absolute Gasteiger partial charge is 0.376 e. The first-order valence-corrected chi connectivity index (χ1v) is 10.0. The maximum absolute atomic E-state index is 6.54. The Balaban J connectivity index is 1.69. The van der Waals surface area contributed by atoms with Crippen LogP contribution in [0, 0.1) is 0 Å². The molecule has 1 atom stereocenters. The van der Waals surface area contributed by atoms with Crippen LogP contribution in [0.4, 0.5) is 0 Å². The summed E-state index contributed by atoms with van der Waals surface area (Å²) in [5.74, 6) is 0.916. The van der Waals surface area contributed by atoms with Gasteiger partial charge in [-0.05, 0) is 12.5 Å². The fourth-order valence-electron chi connectivity index (χ4n) is 3.90. The Labute approximate surface area is 168 Å². The predicted octanol–water partition coefficient (Wildman–Crippen LogP) is 4.28. The highest BCUT2D eigenvalue weighted by atomic mass is 35.5. The molecule has 1 aliphatic rings. The van der Waals surface area contributed by atoms with Crippen LogP contribution in [-0.2, 0) is 11.3 Å². The van der Waals surface area contributed by atoms with E-state index in [0.29, 0.717) is 5.15 Å². The van der Waals surface area contributed by atoms with Gasteiger partial charge < -0.3 is 14.6 Å². The molecule has 28 heavy (non-hydrogen) atoms. The number of rotatable bonds is 4. The predicted molar refractivity (Wildman–Crippen MR) is 113 cm³/mol. The van der Waals surface area contributed by atoms with E-state index in [0.717, 1.165) is 66.0 Å². The van der Waals surface area contributed by atoms with E-state index in [-0.39, 0.29) is 6.10 Å². The zero-order valence-corrected chi connectivity index (χ0v) is 16.2. The van der Waals surface area contributed by atoms with E-state index < -0.39 is 0 Å². The molecule has 1 saturated heterocycles. The number of para-hydroxylation sites is 1. The van der Waals surface area contributed by atoms with Crippen LogP contribution in [-0.4, -0.2) is 40.3 Å². The van der Waals surface area contributed by atoms with Gasteiger partial charge in [0.05, 0.1) is 23.7 Å². The summed E-state index contributed by atoms with van der Waals surface area (Å²) < 4.78 is 8.19. The van der Waals surface area contributed by atoms with E-state index in [1.54, 1.807) is 0 Å². The molecule has 0 aliphatic carbocycles. The second-order valence-electron chi connectivity index (χ2n) is 7.06. The summed E-state index contributed by atoms with van der Waals surface area (Å²) in [7, 11) is 0. The monoisotopic (exact) mass is 392 g/mol. The van der Waals surface area contributed by atoms with E-state index in [9.17, 15) is 0 Å². The lowest BCUT2D eigenvalue weighted by Crippen LogP contribution is -2.38. The summed E-state index contributed by atoms with van der Waals surface area (Å²) in [5, 5.41) is 4.92. The first-order valence-electron chi connectivity index (χ1n) is 9.63. The number of benzene rings is 2. The van der Waals surface area contributed by atoms with Gasteiger partial charge in [0.2, 0.25) is 0 Å². The fraction of sp³-hybridized carbons (Fsp3) is 0.273. The summed E-state index contributed by atoms with van der Waals surface area (Å²) in [6, 6.07) is 18.3. The number of halogens is 1. The van der Waals surface area contributed by atoms with Gasteiger partial charge in [-0.3, -0.25) is 0 Å². The van der Waals surface area contributed by atoms with Crippen LogP contribution in [0.15, 0.2) is 54.6 Å². The van der Waals surface area contributed by atoms with Crippen molar-refractivity contribution < 1.29 is 4.74 Å². The minimum absolute atomic E-state index is 0.207. The molecule has 3 heterocycles. The van der Waals surface area contributed by atoms with Crippen molar-refractivity contribution in [3.05, 3.63) is 59.8 Å². The highest BCUT2D eigenvalue weighted by molar-refractivity contribution is 6.35. The third-order valence-electron chi connectivity index (χ3n) is 5.25. The van der Waals surface area contributed by atoms with Gasteiger partial charge in [0, 0.05) is 30.6 Å². The molecule has 1 fully saturated rings. The van der Waals surface area contributed by atoms with Crippen molar-refractivity contribution in [3.63, 3.8) is 0 Å². The van der Waals surface area contributed by atoms with Crippen molar-refractivity contribution in [2.75, 3.05) is 19.7 Å². The minimum atomic E-state index is 0.207. The van der Waals surface area contributed by atoms with Crippen LogP contribution in [0.5, 0.6) is 0 Å². The quantitative estimate of drug-likeness (QED) is 0.526. The number of ether oxygens (including phenoxy) is 1. The summed E-state index contributed by atoms with van der Waals surface area (Å²) in [6.45, 7) is 3.37. The van der Waals surface area contributed by atoms with E-state index in [1.807, 2.05) is 36.4 Å². The van der Waals surface area contributed by atoms with Crippen LogP contribution in [0.1, 0.15) is 6.42 Å². The Kier molecular flexibility index (Phi) is 4.72. The highest BCUT2D eigenvalue weighted by Crippen LogP contribution is 2.33. The number of morpholine rings is 1. The Hall–Kier alpha value is -2.47. The Morgan fingerprint density at radius 3 is 2.71 bits per heavy atom. The lowest BCUT2D eigenvalue weighted by atomic mass is 10.1. The second-order valence-corrected chi connectivity index (χ2v) is 7.41. The van der Waals surface area contributed by atoms with Gasteiger partial charge in [-0.1, -0.05) is 60.1 Å². The molecule has 1 unspecified atom stereocenters. The molecule has 2 aromatic heterocycles. The number of aryl methyl sites for hydroxylation is 1. The molecule has 0 spiro atoms. The van der Waals surface area contributed by atoms with Gasteiger partial charge in [-0.25, -0.2) is 9.97 Å². The number of imidazole rings is 1. The smallest absolute Gasteiger partial charge is 0.157 e. The standard InChI is InChI=1S/C22H21ClN4O/c23-21-19-20(17-8-4-5-9-18(17)25-21)27(12-10-16-14-24-11-13-28-16)22(26-19)15-6-2-1-3-7-15/h1-9,16,24H,10-14H2. The van der Waals surface area contributed by atoms with Crippen molar-refractivity contribution in [2.45, 2.75) is 19.1 Å². The minimum Gasteiger partial charge on any atom is -0.376 e. The van der Waals surface area contributed by atoms with Crippen molar-refractivity contribution in [2.24, 2.45) is 0 Å². The first kappa shape index (κ1) is 17.6. The molecule has 2 aromatic carbocycles. The molecule has 0 amide bonds. The third-order valence-corrected chi connectivity index (χ3v) is 5.52. The van der Waals surface area contributed by atoms with E-state index in [4.69, 9.17) is 21.3 Å². The molecular formula is C22H21ClN4O. The van der Waals surface area contributed by atoms with Gasteiger partial charge in [-0.15, -0.1) is 0 Å². The molecule has 142 valence electrons. The van der Waals surface area contributed by atoms with Crippen LogP contribution >= 0.6 is 11.6 Å².